The number of unbranched alkanes of at least 4 members (excludes halogenated alkanes) is 1. The minimum Gasteiger partial charge on any atom is -0.464 e. The third-order valence-electron chi connectivity index (χ3n) is 6.97. The van der Waals surface area contributed by atoms with Crippen molar-refractivity contribution >= 4 is 22.8 Å². The number of aryl methyl sites for hydroxylation is 1. The van der Waals surface area contributed by atoms with Crippen LogP contribution in [0.1, 0.15) is 55.3 Å². The highest BCUT2D eigenvalue weighted by Gasteiger charge is 2.30. The summed E-state index contributed by atoms with van der Waals surface area (Å²) in [5.41, 5.74) is 3.51. The highest BCUT2D eigenvalue weighted by atomic mass is 16.7. The molecular formula is C30H34N4O5. The number of carbonyl (C=O) groups excluding carboxylic acids is 2. The number of esters is 1. The first kappa shape index (κ1) is 26.3. The fraction of sp³-hybridized carbons (Fsp3) is 0.367. The molecule has 204 valence electrons. The molecule has 0 saturated carbocycles. The number of aromatic nitrogens is 3. The number of rotatable bonds is 12. The number of para-hydroxylation sites is 1. The van der Waals surface area contributed by atoms with Crippen LogP contribution in [0.2, 0.25) is 0 Å². The number of imidazole rings is 1. The van der Waals surface area contributed by atoms with Crippen molar-refractivity contribution in [1.29, 1.82) is 0 Å². The Morgan fingerprint density at radius 1 is 1.10 bits per heavy atom. The van der Waals surface area contributed by atoms with E-state index in [1.54, 1.807) is 13.1 Å². The van der Waals surface area contributed by atoms with Crippen molar-refractivity contribution in [3.63, 3.8) is 0 Å². The molecule has 9 nitrogen and oxygen atoms in total. The van der Waals surface area contributed by atoms with Crippen LogP contribution in [0.25, 0.3) is 10.9 Å². The van der Waals surface area contributed by atoms with Crippen LogP contribution in [0, 0.1) is 0 Å². The van der Waals surface area contributed by atoms with Crippen LogP contribution < -0.4 is 14.8 Å². The smallest absolute Gasteiger partial charge is 0.328 e. The lowest BCUT2D eigenvalue weighted by Crippen LogP contribution is -2.45. The van der Waals surface area contributed by atoms with Gasteiger partial charge in [0.1, 0.15) is 11.9 Å². The summed E-state index contributed by atoms with van der Waals surface area (Å²) in [6.45, 7) is 4.26. The summed E-state index contributed by atoms with van der Waals surface area (Å²) in [4.78, 5) is 38.0. The van der Waals surface area contributed by atoms with Crippen molar-refractivity contribution in [2.24, 2.45) is 0 Å². The Kier molecular flexibility index (Phi) is 8.15. The Labute approximate surface area is 227 Å². The molecule has 0 aliphatic carbocycles. The molecule has 0 bridgehead atoms. The van der Waals surface area contributed by atoms with Gasteiger partial charge in [0.15, 0.2) is 11.5 Å². The van der Waals surface area contributed by atoms with Gasteiger partial charge < -0.3 is 29.5 Å². The second-order valence-electron chi connectivity index (χ2n) is 9.70. The number of benzene rings is 2. The van der Waals surface area contributed by atoms with Crippen molar-refractivity contribution in [3.05, 3.63) is 77.5 Å². The van der Waals surface area contributed by atoms with Crippen LogP contribution in [0.15, 0.2) is 54.9 Å². The molecule has 5 rings (SSSR count). The van der Waals surface area contributed by atoms with Gasteiger partial charge in [-0.2, -0.15) is 0 Å². The Morgan fingerprint density at radius 2 is 1.95 bits per heavy atom. The van der Waals surface area contributed by atoms with Crippen LogP contribution in [0.3, 0.4) is 0 Å². The van der Waals surface area contributed by atoms with Gasteiger partial charge in [-0.1, -0.05) is 37.6 Å². The Balaban J connectivity index is 1.41. The molecule has 3 heterocycles. The molecule has 2 aromatic carbocycles. The maximum Gasteiger partial charge on any atom is 0.328 e. The van der Waals surface area contributed by atoms with Crippen molar-refractivity contribution in [3.8, 4) is 11.5 Å². The van der Waals surface area contributed by atoms with Gasteiger partial charge in [-0.05, 0) is 42.7 Å². The number of nitrogens with one attached hydrogen (secondary N) is 3. The minimum atomic E-state index is -0.852. The van der Waals surface area contributed by atoms with Gasteiger partial charge in [0.25, 0.3) is 0 Å². The largest absolute Gasteiger partial charge is 0.464 e. The Hall–Kier alpha value is -4.27. The number of ether oxygens (including phenoxy) is 3. The molecule has 1 unspecified atom stereocenters. The quantitative estimate of drug-likeness (QED) is 0.231. The summed E-state index contributed by atoms with van der Waals surface area (Å²) in [5, 5.41) is 4.00. The first-order valence-corrected chi connectivity index (χ1v) is 13.5. The maximum atomic E-state index is 13.9. The summed E-state index contributed by atoms with van der Waals surface area (Å²) in [7, 11) is 0. The molecule has 0 fully saturated rings. The van der Waals surface area contributed by atoms with Crippen LogP contribution in [0.5, 0.6) is 11.5 Å². The van der Waals surface area contributed by atoms with Crippen LogP contribution in [0.4, 0.5) is 0 Å². The molecule has 1 aliphatic rings. The zero-order chi connectivity index (χ0) is 27.2. The van der Waals surface area contributed by atoms with E-state index in [1.807, 2.05) is 48.7 Å². The zero-order valence-electron chi connectivity index (χ0n) is 22.3. The van der Waals surface area contributed by atoms with Crippen LogP contribution in [-0.2, 0) is 33.6 Å². The van der Waals surface area contributed by atoms with Gasteiger partial charge in [0, 0.05) is 48.3 Å². The number of amides is 1. The van der Waals surface area contributed by atoms with Crippen molar-refractivity contribution in [2.45, 2.75) is 57.9 Å². The second-order valence-corrected chi connectivity index (χ2v) is 9.70. The van der Waals surface area contributed by atoms with Gasteiger partial charge >= 0.3 is 5.97 Å². The zero-order valence-corrected chi connectivity index (χ0v) is 22.3. The van der Waals surface area contributed by atoms with E-state index < -0.39 is 17.9 Å². The number of nitrogens with zero attached hydrogens (tertiary/aromatic N) is 1. The molecule has 3 N–H and O–H groups in total. The van der Waals surface area contributed by atoms with E-state index in [0.717, 1.165) is 52.8 Å². The molecule has 4 aromatic rings. The number of carbonyl (C=O) groups is 2. The number of hydrogen-bond acceptors (Lipinski definition) is 6. The second kappa shape index (κ2) is 12.1. The molecule has 9 heteroatoms. The SMILES string of the molecule is CCCCc1ncc(CC(C(=O)N[C@@H](Cc2c[nH]c3ccccc23)C(=O)OCC)c2ccc3c(c2)OCO3)[nH]1. The fourth-order valence-electron chi connectivity index (χ4n) is 4.92. The third kappa shape index (κ3) is 6.08. The number of H-pyrrole nitrogens is 2. The topological polar surface area (TPSA) is 118 Å². The minimum absolute atomic E-state index is 0.145. The molecule has 2 atom stereocenters. The molecule has 2 aromatic heterocycles. The average Bonchev–Trinajstić information content (AvgIpc) is 3.70. The Morgan fingerprint density at radius 3 is 2.79 bits per heavy atom. The molecule has 39 heavy (non-hydrogen) atoms. The third-order valence-corrected chi connectivity index (χ3v) is 6.97. The van der Waals surface area contributed by atoms with Crippen molar-refractivity contribution < 1.29 is 23.8 Å². The van der Waals surface area contributed by atoms with Crippen molar-refractivity contribution in [2.75, 3.05) is 13.4 Å². The van der Waals surface area contributed by atoms with E-state index in [-0.39, 0.29) is 19.3 Å². The molecule has 0 spiro atoms. The maximum absolute atomic E-state index is 13.9. The summed E-state index contributed by atoms with van der Waals surface area (Å²) in [5.74, 6) is 0.795. The van der Waals surface area contributed by atoms with Gasteiger partial charge in [-0.15, -0.1) is 0 Å². The molecular weight excluding hydrogens is 496 g/mol. The van der Waals surface area contributed by atoms with Crippen LogP contribution in [-0.4, -0.2) is 46.3 Å². The van der Waals surface area contributed by atoms with E-state index in [0.29, 0.717) is 24.3 Å². The summed E-state index contributed by atoms with van der Waals surface area (Å²) < 4.78 is 16.4. The lowest BCUT2D eigenvalue weighted by atomic mass is 9.92. The Bertz CT molecular complexity index is 1440. The highest BCUT2D eigenvalue weighted by Crippen LogP contribution is 2.35. The summed E-state index contributed by atoms with van der Waals surface area (Å²) in [6.07, 6.45) is 7.31. The van der Waals surface area contributed by atoms with Crippen LogP contribution >= 0.6 is 0 Å². The van der Waals surface area contributed by atoms with Gasteiger partial charge in [0.05, 0.1) is 12.5 Å². The molecule has 1 amide bonds. The molecule has 0 saturated heterocycles. The predicted molar refractivity (Wildman–Crippen MR) is 147 cm³/mol. The summed E-state index contributed by atoms with van der Waals surface area (Å²) >= 11 is 0. The highest BCUT2D eigenvalue weighted by molar-refractivity contribution is 5.90. The van der Waals surface area contributed by atoms with Gasteiger partial charge in [-0.3, -0.25) is 4.79 Å². The first-order chi connectivity index (χ1) is 19.1. The van der Waals surface area contributed by atoms with E-state index >= 15 is 0 Å². The number of aromatic amines is 2. The van der Waals surface area contributed by atoms with E-state index in [2.05, 4.69) is 27.2 Å². The molecule has 1 aliphatic heterocycles. The fourth-order valence-corrected chi connectivity index (χ4v) is 4.92. The first-order valence-electron chi connectivity index (χ1n) is 13.5. The summed E-state index contributed by atoms with van der Waals surface area (Å²) in [6, 6.07) is 12.5. The van der Waals surface area contributed by atoms with Gasteiger partial charge in [0.2, 0.25) is 12.7 Å². The standard InChI is InChI=1S/C30H34N4O5/c1-3-5-10-28-32-17-21(33-28)15-23(19-11-12-26-27(14-19)39-18-38-26)29(35)34-25(30(36)37-4-2)13-20-16-31-24-9-7-6-8-22(20)24/h6-9,11-12,14,16-17,23,25,31H,3-5,10,13,15,18H2,1-2H3,(H,32,33)(H,34,35)/t23?,25-/m0/s1. The predicted octanol–water partition coefficient (Wildman–Crippen LogP) is 4.58. The van der Waals surface area contributed by atoms with E-state index in [1.165, 1.54) is 0 Å². The molecule has 0 radical (unpaired) electrons. The lowest BCUT2D eigenvalue weighted by molar-refractivity contribution is -0.147. The monoisotopic (exact) mass is 530 g/mol. The number of fused-ring (bicyclic) bond motifs is 2. The average molecular weight is 531 g/mol. The van der Waals surface area contributed by atoms with E-state index in [4.69, 9.17) is 14.2 Å². The number of hydrogen-bond donors (Lipinski definition) is 3. The normalized spacial score (nSPS) is 13.8. The van der Waals surface area contributed by atoms with Gasteiger partial charge in [-0.25, -0.2) is 9.78 Å². The van der Waals surface area contributed by atoms with E-state index in [9.17, 15) is 9.59 Å². The lowest BCUT2D eigenvalue weighted by Gasteiger charge is -2.22. The van der Waals surface area contributed by atoms with Crippen molar-refractivity contribution in [1.82, 2.24) is 20.3 Å².